The summed E-state index contributed by atoms with van der Waals surface area (Å²) in [5.74, 6) is 1.73. The van der Waals surface area contributed by atoms with Gasteiger partial charge in [-0.05, 0) is 194 Å². The first kappa shape index (κ1) is 58.6. The molecule has 4 heterocycles. The van der Waals surface area contributed by atoms with Crippen molar-refractivity contribution >= 4 is 97.4 Å². The molecule has 4 aliphatic heterocycles. The second kappa shape index (κ2) is 21.5. The van der Waals surface area contributed by atoms with Gasteiger partial charge < -0.3 is 19.4 Å². The highest BCUT2D eigenvalue weighted by Crippen LogP contribution is 2.58. The van der Waals surface area contributed by atoms with Crippen LogP contribution in [-0.2, 0) is 16.2 Å². The normalized spacial score (nSPS) is 14.7. The summed E-state index contributed by atoms with van der Waals surface area (Å²) in [6, 6.07) is 115. The van der Waals surface area contributed by atoms with E-state index in [1.54, 1.807) is 0 Å². The van der Waals surface area contributed by atoms with Gasteiger partial charge in [-0.25, -0.2) is 0 Å². The average Bonchev–Trinajstić information content (AvgIpc) is 1.41. The van der Waals surface area contributed by atoms with Gasteiger partial charge >= 0.3 is 0 Å². The quantitative estimate of drug-likeness (QED) is 0.148. The number of benzene rings is 14. The van der Waals surface area contributed by atoms with E-state index in [0.29, 0.717) is 0 Å². The second-order valence-electron chi connectivity index (χ2n) is 30.2. The Bertz CT molecular complexity index is 5710. The van der Waals surface area contributed by atoms with Crippen LogP contribution in [0.2, 0.25) is 0 Å². The van der Waals surface area contributed by atoms with Gasteiger partial charge in [0.2, 0.25) is 0 Å². The molecule has 20 rings (SSSR count). The smallest absolute Gasteiger partial charge is 0.256 e. The Balaban J connectivity index is 0.885. The molecule has 0 bridgehead atoms. The fourth-order valence-electron chi connectivity index (χ4n) is 18.6. The Labute approximate surface area is 587 Å². The van der Waals surface area contributed by atoms with Gasteiger partial charge in [-0.1, -0.05) is 273 Å². The Morgan fingerprint density at radius 1 is 0.290 bits per heavy atom. The van der Waals surface area contributed by atoms with E-state index in [1.807, 2.05) is 0 Å². The molecule has 0 fully saturated rings. The molecule has 0 amide bonds. The molecule has 100 heavy (non-hydrogen) atoms. The van der Waals surface area contributed by atoms with Gasteiger partial charge in [0, 0.05) is 73.5 Å². The van der Waals surface area contributed by atoms with Gasteiger partial charge in [0.25, 0.3) is 13.4 Å². The van der Waals surface area contributed by atoms with Gasteiger partial charge in [-0.2, -0.15) is 0 Å². The number of fused-ring (bicyclic) bond motifs is 14. The zero-order valence-electron chi connectivity index (χ0n) is 57.3. The average molecular weight is 1280 g/mol. The lowest BCUT2D eigenvalue weighted by molar-refractivity contribution is 0.488. The monoisotopic (exact) mass is 1280 g/mol. The van der Waals surface area contributed by atoms with Crippen LogP contribution in [0.15, 0.2) is 303 Å². The van der Waals surface area contributed by atoms with Crippen molar-refractivity contribution in [1.82, 2.24) is 0 Å². The van der Waals surface area contributed by atoms with Crippen LogP contribution >= 0.6 is 0 Å². The molecule has 0 radical (unpaired) electrons. The van der Waals surface area contributed by atoms with E-state index in [9.17, 15) is 0 Å². The van der Waals surface area contributed by atoms with E-state index in [2.05, 4.69) is 366 Å². The molecule has 4 nitrogen and oxygen atoms in total. The highest BCUT2D eigenvalue weighted by atomic mass is 16.5. The fraction of sp³-hybridized carbons (Fsp3) is 0.106. The molecule has 14 aromatic rings. The third-order valence-electron chi connectivity index (χ3n) is 23.0. The van der Waals surface area contributed by atoms with Crippen LogP contribution in [0.5, 0.6) is 11.5 Å². The fourth-order valence-corrected chi connectivity index (χ4v) is 18.6. The molecule has 0 unspecified atom stereocenters. The summed E-state index contributed by atoms with van der Waals surface area (Å²) in [7, 11) is 0. The van der Waals surface area contributed by atoms with E-state index in [1.165, 1.54) is 111 Å². The number of anilines is 9. The highest BCUT2D eigenvalue weighted by Gasteiger charge is 2.50. The molecular formula is C94H71B2N3O. The maximum atomic E-state index is 7.89. The maximum absolute atomic E-state index is 7.89. The molecule has 6 aliphatic rings. The molecule has 6 heteroatoms. The van der Waals surface area contributed by atoms with Gasteiger partial charge in [0.1, 0.15) is 11.5 Å². The van der Waals surface area contributed by atoms with Crippen LogP contribution < -0.4 is 52.2 Å². The van der Waals surface area contributed by atoms with E-state index in [4.69, 9.17) is 4.74 Å². The summed E-state index contributed by atoms with van der Waals surface area (Å²) >= 11 is 0. The summed E-state index contributed by atoms with van der Waals surface area (Å²) in [5, 5.41) is 0. The molecule has 0 atom stereocenters. The first-order valence-electron chi connectivity index (χ1n) is 35.5. The number of para-hydroxylation sites is 4. The first-order chi connectivity index (χ1) is 48.8. The summed E-state index contributed by atoms with van der Waals surface area (Å²) in [6.45, 7) is 16.3. The zero-order chi connectivity index (χ0) is 67.1. The van der Waals surface area contributed by atoms with Gasteiger partial charge in [0.05, 0.1) is 5.69 Å². The van der Waals surface area contributed by atoms with Crippen molar-refractivity contribution in [1.29, 1.82) is 0 Å². The molecular weight excluding hydrogens is 1210 g/mol. The predicted octanol–water partition coefficient (Wildman–Crippen LogP) is 20.8. The van der Waals surface area contributed by atoms with Crippen LogP contribution in [-0.4, -0.2) is 13.4 Å². The Morgan fingerprint density at radius 3 is 1.23 bits per heavy atom. The van der Waals surface area contributed by atoms with Crippen molar-refractivity contribution in [3.8, 4) is 78.3 Å². The maximum Gasteiger partial charge on any atom is 0.256 e. The first-order valence-corrected chi connectivity index (χ1v) is 35.5. The molecule has 2 aliphatic carbocycles. The molecule has 14 aromatic carbocycles. The second-order valence-corrected chi connectivity index (χ2v) is 30.2. The van der Waals surface area contributed by atoms with Gasteiger partial charge in [-0.15, -0.1) is 0 Å². The lowest BCUT2D eigenvalue weighted by Crippen LogP contribution is -2.64. The summed E-state index contributed by atoms with van der Waals surface area (Å²) in [5.41, 5.74) is 38.1. The molecule has 0 saturated carbocycles. The Morgan fingerprint density at radius 2 is 0.700 bits per heavy atom. The lowest BCUT2D eigenvalue weighted by atomic mass is 9.30. The molecule has 0 spiro atoms. The summed E-state index contributed by atoms with van der Waals surface area (Å²) in [6.07, 6.45) is 0. The number of ether oxygens (including phenoxy) is 1. The van der Waals surface area contributed by atoms with Crippen molar-refractivity contribution in [2.45, 2.75) is 64.7 Å². The topological polar surface area (TPSA) is 19.0 Å². The Hall–Kier alpha value is -11.6. The zero-order valence-corrected chi connectivity index (χ0v) is 57.3. The van der Waals surface area contributed by atoms with Crippen LogP contribution in [0.3, 0.4) is 0 Å². The van der Waals surface area contributed by atoms with Crippen LogP contribution in [0, 0.1) is 0 Å². The van der Waals surface area contributed by atoms with Gasteiger partial charge in [0.15, 0.2) is 0 Å². The van der Waals surface area contributed by atoms with Crippen molar-refractivity contribution in [3.63, 3.8) is 0 Å². The standard InChI is InChI=1S/C94H71B2N3O/c1-92(2,3)62-54-71(58-30-12-8-13-31-58)91(72(55-62)59-32-14-9-15-33-59)99-80-49-27-25-47-76(80)95-77-56-78-85(57-81(77)98(64-36-18-11-19-37-64)82-50-60(51-83(99)89(82)95)65-40-28-42-69-67-38-20-22-44-73(67)93(4,5)87(65)69)100-86-53-61(66-41-29-43-70-68-39-21-23-45-74(68)94(6,7)88(66)70)52-84-90(86)96(78)75-46-24-26-48-79(75)97(84)63-34-16-10-17-35-63/h8-57H,1-7H3. The van der Waals surface area contributed by atoms with Crippen molar-refractivity contribution < 1.29 is 4.74 Å². The van der Waals surface area contributed by atoms with Crippen LogP contribution in [0.1, 0.15) is 76.3 Å². The van der Waals surface area contributed by atoms with E-state index in [0.717, 1.165) is 79.3 Å². The molecule has 0 saturated heterocycles. The third kappa shape index (κ3) is 8.37. The summed E-state index contributed by atoms with van der Waals surface area (Å²) in [4.78, 5) is 7.76. The van der Waals surface area contributed by atoms with E-state index >= 15 is 0 Å². The van der Waals surface area contributed by atoms with E-state index < -0.39 is 0 Å². The number of hydrogen-bond donors (Lipinski definition) is 0. The predicted molar refractivity (Wildman–Crippen MR) is 422 cm³/mol. The number of hydrogen-bond acceptors (Lipinski definition) is 4. The van der Waals surface area contributed by atoms with Crippen LogP contribution in [0.4, 0.5) is 51.2 Å². The van der Waals surface area contributed by atoms with Gasteiger partial charge in [-0.3, -0.25) is 0 Å². The molecule has 0 N–H and O–H groups in total. The SMILES string of the molecule is CC(C)(C)c1cc(-c2ccccc2)c(N2c3ccccc3B3c4cc5c(cc4N(c4ccccc4)c4cc(-c6cccc7c6C(C)(C)c6ccccc6-7)cc2c43)Oc2cc(-c3cccc4c3C(C)(C)c3ccccc3-4)cc3c2B5c2ccccc2N3c2ccccc2)c(-c2ccccc2)c1. The van der Waals surface area contributed by atoms with Crippen molar-refractivity contribution in [2.24, 2.45) is 0 Å². The molecule has 474 valence electrons. The Kier molecular flexibility index (Phi) is 12.6. The van der Waals surface area contributed by atoms with Crippen molar-refractivity contribution in [2.75, 3.05) is 14.7 Å². The van der Waals surface area contributed by atoms with E-state index in [-0.39, 0.29) is 29.7 Å². The molecule has 0 aromatic heterocycles. The highest BCUT2D eigenvalue weighted by molar-refractivity contribution is 7.02. The third-order valence-corrected chi connectivity index (χ3v) is 23.0. The minimum atomic E-state index is -0.288. The largest absolute Gasteiger partial charge is 0.458 e. The minimum Gasteiger partial charge on any atom is -0.458 e. The van der Waals surface area contributed by atoms with Crippen molar-refractivity contribution in [3.05, 3.63) is 331 Å². The number of rotatable bonds is 7. The lowest BCUT2D eigenvalue weighted by Gasteiger charge is -2.46. The summed E-state index contributed by atoms with van der Waals surface area (Å²) < 4.78 is 7.89. The minimum absolute atomic E-state index is 0.162. The van der Waals surface area contributed by atoms with Crippen LogP contribution in [0.25, 0.3) is 66.8 Å². The number of nitrogens with zero attached hydrogens (tertiary/aromatic N) is 3.